The van der Waals surface area contributed by atoms with Gasteiger partial charge in [0.2, 0.25) is 11.8 Å². The second-order valence-electron chi connectivity index (χ2n) is 11.1. The lowest BCUT2D eigenvalue weighted by atomic mass is 10.1. The van der Waals surface area contributed by atoms with Gasteiger partial charge in [-0.3, -0.25) is 13.9 Å². The van der Waals surface area contributed by atoms with Crippen LogP contribution in [0, 0.1) is 19.8 Å². The number of hydrogen-bond acceptors (Lipinski definition) is 4. The largest absolute Gasteiger partial charge is 0.417 e. The minimum Gasteiger partial charge on any atom is -0.354 e. The van der Waals surface area contributed by atoms with Crippen LogP contribution in [0.3, 0.4) is 0 Å². The number of amides is 2. The molecule has 0 unspecified atom stereocenters. The number of nitrogens with zero attached hydrogens (tertiary/aromatic N) is 2. The summed E-state index contributed by atoms with van der Waals surface area (Å²) in [6.45, 7) is 8.67. The van der Waals surface area contributed by atoms with Gasteiger partial charge in [-0.15, -0.1) is 0 Å². The number of nitrogens with one attached hydrogen (secondary N) is 1. The smallest absolute Gasteiger partial charge is 0.354 e. The summed E-state index contributed by atoms with van der Waals surface area (Å²) in [5, 5.41) is 2.22. The second kappa shape index (κ2) is 14.5. The highest BCUT2D eigenvalue weighted by atomic mass is 35.5. The van der Waals surface area contributed by atoms with Gasteiger partial charge < -0.3 is 10.2 Å². The lowest BCUT2D eigenvalue weighted by Gasteiger charge is -2.33. The monoisotopic (exact) mass is 651 g/mol. The molecule has 0 radical (unpaired) electrons. The standard InChI is InChI=1S/C32H37ClF3N3O4S/c1-6-29(31(41)37-18-21(2)3)38(19-24-9-7-8-23(5)16-24)30(40)20-39(44(42,43)26-13-10-22(4)11-14-26)25-12-15-28(33)27(17-25)32(34,35)36/h7-17,21,29H,6,18-20H2,1-5H3,(H,37,41)/t29-/m1/s1. The van der Waals surface area contributed by atoms with Crippen LogP contribution in [0.5, 0.6) is 0 Å². The highest BCUT2D eigenvalue weighted by Gasteiger charge is 2.37. The molecule has 0 aliphatic carbocycles. The van der Waals surface area contributed by atoms with Crippen LogP contribution in [-0.4, -0.2) is 44.3 Å². The number of alkyl halides is 3. The van der Waals surface area contributed by atoms with Crippen LogP contribution in [0.2, 0.25) is 5.02 Å². The Morgan fingerprint density at radius 3 is 2.18 bits per heavy atom. The van der Waals surface area contributed by atoms with Gasteiger partial charge in [0.05, 0.1) is 21.2 Å². The van der Waals surface area contributed by atoms with Gasteiger partial charge in [-0.1, -0.05) is 79.9 Å². The Balaban J connectivity index is 2.14. The van der Waals surface area contributed by atoms with E-state index in [1.807, 2.05) is 32.9 Å². The summed E-state index contributed by atoms with van der Waals surface area (Å²) >= 11 is 5.83. The molecule has 0 heterocycles. The SMILES string of the molecule is CC[C@H](C(=O)NCC(C)C)N(Cc1cccc(C)c1)C(=O)CN(c1ccc(Cl)c(C(F)(F)F)c1)S(=O)(=O)c1ccc(C)cc1. The van der Waals surface area contributed by atoms with Crippen LogP contribution in [-0.2, 0) is 32.3 Å². The third-order valence-electron chi connectivity index (χ3n) is 6.94. The summed E-state index contributed by atoms with van der Waals surface area (Å²) in [5.41, 5.74) is 0.733. The highest BCUT2D eigenvalue weighted by Crippen LogP contribution is 2.38. The fourth-order valence-electron chi connectivity index (χ4n) is 4.60. The minimum absolute atomic E-state index is 0.0268. The summed E-state index contributed by atoms with van der Waals surface area (Å²) in [7, 11) is -4.55. The van der Waals surface area contributed by atoms with Gasteiger partial charge in [-0.05, 0) is 62.1 Å². The Kier molecular flexibility index (Phi) is 11.5. The van der Waals surface area contributed by atoms with Crippen molar-refractivity contribution in [1.29, 1.82) is 0 Å². The average molecular weight is 652 g/mol. The van der Waals surface area contributed by atoms with Crippen molar-refractivity contribution in [3.8, 4) is 0 Å². The number of carbonyl (C=O) groups excluding carboxylic acids is 2. The zero-order valence-electron chi connectivity index (χ0n) is 25.3. The summed E-state index contributed by atoms with van der Waals surface area (Å²) < 4.78 is 70.0. The van der Waals surface area contributed by atoms with Gasteiger partial charge in [0, 0.05) is 13.1 Å². The molecular formula is C32H37ClF3N3O4S. The Bertz CT molecular complexity index is 1580. The van der Waals surface area contributed by atoms with Crippen molar-refractivity contribution in [2.75, 3.05) is 17.4 Å². The second-order valence-corrected chi connectivity index (χ2v) is 13.3. The molecule has 1 atom stereocenters. The van der Waals surface area contributed by atoms with E-state index in [1.54, 1.807) is 38.1 Å². The Hall–Kier alpha value is -3.57. The molecule has 0 fully saturated rings. The predicted octanol–water partition coefficient (Wildman–Crippen LogP) is 6.75. The molecule has 0 aliphatic rings. The molecule has 44 heavy (non-hydrogen) atoms. The van der Waals surface area contributed by atoms with Crippen molar-refractivity contribution in [3.05, 3.63) is 94.0 Å². The van der Waals surface area contributed by atoms with E-state index in [1.165, 1.54) is 17.0 Å². The zero-order valence-corrected chi connectivity index (χ0v) is 26.9. The number of hydrogen-bond donors (Lipinski definition) is 1. The normalized spacial score (nSPS) is 12.6. The molecule has 1 N–H and O–H groups in total. The quantitative estimate of drug-likeness (QED) is 0.235. The molecule has 0 aliphatic heterocycles. The van der Waals surface area contributed by atoms with Crippen LogP contribution >= 0.6 is 11.6 Å². The molecule has 7 nitrogen and oxygen atoms in total. The maximum absolute atomic E-state index is 14.1. The maximum Gasteiger partial charge on any atom is 0.417 e. The van der Waals surface area contributed by atoms with Gasteiger partial charge in [0.15, 0.2) is 0 Å². The first kappa shape index (κ1) is 34.9. The van der Waals surface area contributed by atoms with Crippen molar-refractivity contribution in [2.24, 2.45) is 5.92 Å². The summed E-state index contributed by atoms with van der Waals surface area (Å²) in [6.07, 6.45) is -4.67. The molecule has 12 heteroatoms. The summed E-state index contributed by atoms with van der Waals surface area (Å²) in [4.78, 5) is 28.5. The number of benzene rings is 3. The average Bonchev–Trinajstić information content (AvgIpc) is 2.94. The Labute approximate surface area is 262 Å². The first-order chi connectivity index (χ1) is 20.5. The van der Waals surface area contributed by atoms with Crippen LogP contribution < -0.4 is 9.62 Å². The predicted molar refractivity (Wildman–Crippen MR) is 166 cm³/mol. The minimum atomic E-state index is -4.88. The van der Waals surface area contributed by atoms with E-state index < -0.39 is 56.9 Å². The van der Waals surface area contributed by atoms with E-state index in [0.29, 0.717) is 22.5 Å². The number of anilines is 1. The molecule has 0 saturated heterocycles. The van der Waals surface area contributed by atoms with Crippen molar-refractivity contribution in [1.82, 2.24) is 10.2 Å². The molecule has 3 aromatic carbocycles. The molecular weight excluding hydrogens is 615 g/mol. The Morgan fingerprint density at radius 1 is 0.955 bits per heavy atom. The van der Waals surface area contributed by atoms with Gasteiger partial charge in [0.25, 0.3) is 10.0 Å². The van der Waals surface area contributed by atoms with E-state index in [2.05, 4.69) is 5.32 Å². The molecule has 0 bridgehead atoms. The van der Waals surface area contributed by atoms with Gasteiger partial charge in [-0.25, -0.2) is 8.42 Å². The van der Waals surface area contributed by atoms with Crippen LogP contribution in [0.4, 0.5) is 18.9 Å². The molecule has 2 amide bonds. The van der Waals surface area contributed by atoms with Gasteiger partial charge in [-0.2, -0.15) is 13.2 Å². The first-order valence-electron chi connectivity index (χ1n) is 14.1. The van der Waals surface area contributed by atoms with Crippen LogP contribution in [0.25, 0.3) is 0 Å². The van der Waals surface area contributed by atoms with Crippen molar-refractivity contribution < 1.29 is 31.2 Å². The van der Waals surface area contributed by atoms with Crippen molar-refractivity contribution >= 4 is 39.1 Å². The third-order valence-corrected chi connectivity index (χ3v) is 9.05. The van der Waals surface area contributed by atoms with E-state index in [9.17, 15) is 31.2 Å². The van der Waals surface area contributed by atoms with Crippen LogP contribution in [0.1, 0.15) is 49.4 Å². The molecule has 0 aromatic heterocycles. The van der Waals surface area contributed by atoms with E-state index in [0.717, 1.165) is 23.3 Å². The fraction of sp³-hybridized carbons (Fsp3) is 0.375. The van der Waals surface area contributed by atoms with Gasteiger partial charge in [0.1, 0.15) is 12.6 Å². The Morgan fingerprint density at radius 2 is 1.61 bits per heavy atom. The van der Waals surface area contributed by atoms with E-state index >= 15 is 0 Å². The number of halogens is 4. The lowest BCUT2D eigenvalue weighted by molar-refractivity contribution is -0.140. The molecule has 0 saturated carbocycles. The highest BCUT2D eigenvalue weighted by molar-refractivity contribution is 7.92. The van der Waals surface area contributed by atoms with Crippen LogP contribution in [0.15, 0.2) is 71.6 Å². The van der Waals surface area contributed by atoms with Gasteiger partial charge >= 0.3 is 6.18 Å². The summed E-state index contributed by atoms with van der Waals surface area (Å²) in [6, 6.07) is 14.7. The number of rotatable bonds is 12. The lowest BCUT2D eigenvalue weighted by Crippen LogP contribution is -2.52. The fourth-order valence-corrected chi connectivity index (χ4v) is 6.23. The topological polar surface area (TPSA) is 86.8 Å². The third kappa shape index (κ3) is 8.75. The van der Waals surface area contributed by atoms with Crippen molar-refractivity contribution in [2.45, 2.75) is 64.7 Å². The van der Waals surface area contributed by atoms with E-state index in [4.69, 9.17) is 11.6 Å². The van der Waals surface area contributed by atoms with Crippen molar-refractivity contribution in [3.63, 3.8) is 0 Å². The number of sulfonamides is 1. The molecule has 0 spiro atoms. The molecule has 238 valence electrons. The first-order valence-corrected chi connectivity index (χ1v) is 15.9. The molecule has 3 aromatic rings. The molecule has 3 rings (SSSR count). The van der Waals surface area contributed by atoms with E-state index in [-0.39, 0.29) is 23.8 Å². The summed E-state index contributed by atoms with van der Waals surface area (Å²) in [5.74, 6) is -1.04. The zero-order chi connectivity index (χ0) is 32.8. The number of aryl methyl sites for hydroxylation is 2. The number of carbonyl (C=O) groups is 2. The maximum atomic E-state index is 14.1.